The number of rotatable bonds is 2. The Bertz CT molecular complexity index is 287. The van der Waals surface area contributed by atoms with Crippen LogP contribution in [0.2, 0.25) is 0 Å². The minimum Gasteiger partial charge on any atom is -0.285 e. The molecule has 1 heteroatoms. The van der Waals surface area contributed by atoms with E-state index in [-0.39, 0.29) is 0 Å². The first-order valence-corrected chi connectivity index (χ1v) is 3.40. The third-order valence-electron chi connectivity index (χ3n) is 1.63. The number of hydrogen-bond acceptors (Lipinski definition) is 1. The van der Waals surface area contributed by atoms with Crippen LogP contribution < -0.4 is 0 Å². The second kappa shape index (κ2) is 3.15. The molecule has 0 aromatic heterocycles. The summed E-state index contributed by atoms with van der Waals surface area (Å²) in [5.74, 6) is 0. The zero-order chi connectivity index (χ0) is 8.27. The molecule has 0 saturated carbocycles. The zero-order valence-electron chi connectivity index (χ0n) is 6.42. The van der Waals surface area contributed by atoms with E-state index in [0.29, 0.717) is 5.56 Å². The zero-order valence-corrected chi connectivity index (χ0v) is 6.42. The molecule has 0 spiro atoms. The van der Waals surface area contributed by atoms with Gasteiger partial charge in [0.2, 0.25) is 6.29 Å². The molecule has 0 atom stereocenters. The maximum Gasteiger partial charge on any atom is 0.234 e. The van der Waals surface area contributed by atoms with Gasteiger partial charge in [-0.25, -0.2) is 0 Å². The van der Waals surface area contributed by atoms with Crippen molar-refractivity contribution < 1.29 is 4.79 Å². The van der Waals surface area contributed by atoms with Crippen LogP contribution in [0.1, 0.15) is 16.7 Å². The van der Waals surface area contributed by atoms with E-state index in [4.69, 9.17) is 0 Å². The number of aryl methyl sites for hydroxylation is 1. The van der Waals surface area contributed by atoms with Gasteiger partial charge in [-0.15, -0.1) is 0 Å². The van der Waals surface area contributed by atoms with Crippen molar-refractivity contribution in [3.63, 3.8) is 0 Å². The van der Waals surface area contributed by atoms with E-state index < -0.39 is 0 Å². The summed E-state index contributed by atoms with van der Waals surface area (Å²) in [6, 6.07) is 5.63. The van der Waals surface area contributed by atoms with Crippen molar-refractivity contribution in [3.05, 3.63) is 41.5 Å². The van der Waals surface area contributed by atoms with Gasteiger partial charge in [-0.2, -0.15) is 0 Å². The molecule has 1 aromatic carbocycles. The molecule has 1 rings (SSSR count). The van der Waals surface area contributed by atoms with Crippen molar-refractivity contribution in [1.82, 2.24) is 0 Å². The molecule has 0 saturated heterocycles. The molecule has 0 aliphatic rings. The molecule has 1 nitrogen and oxygen atoms in total. The first-order valence-electron chi connectivity index (χ1n) is 3.40. The fourth-order valence-electron chi connectivity index (χ4n) is 1.000. The van der Waals surface area contributed by atoms with Gasteiger partial charge in [0.25, 0.3) is 0 Å². The summed E-state index contributed by atoms with van der Waals surface area (Å²) < 4.78 is 0. The fraction of sp³-hybridized carbons (Fsp3) is 0.100. The molecular formula is C10H9O. The van der Waals surface area contributed by atoms with Crippen LogP contribution in [0.3, 0.4) is 0 Å². The lowest BCUT2D eigenvalue weighted by molar-refractivity contribution is 0.562. The molecule has 0 N–H and O–H groups in total. The minimum absolute atomic E-state index is 0.613. The number of benzene rings is 1. The maximum absolute atomic E-state index is 10.4. The lowest BCUT2D eigenvalue weighted by Crippen LogP contribution is -1.89. The summed E-state index contributed by atoms with van der Waals surface area (Å²) in [5.41, 5.74) is 2.40. The average Bonchev–Trinajstić information content (AvgIpc) is 2.04. The van der Waals surface area contributed by atoms with Crippen molar-refractivity contribution in [1.29, 1.82) is 0 Å². The first-order chi connectivity index (χ1) is 5.29. The van der Waals surface area contributed by atoms with Gasteiger partial charge in [0.05, 0.1) is 0 Å². The van der Waals surface area contributed by atoms with Crippen LogP contribution in [0.15, 0.2) is 24.8 Å². The largest absolute Gasteiger partial charge is 0.285 e. The van der Waals surface area contributed by atoms with E-state index in [9.17, 15) is 4.79 Å². The summed E-state index contributed by atoms with van der Waals surface area (Å²) >= 11 is 0. The van der Waals surface area contributed by atoms with E-state index in [0.717, 1.165) is 11.1 Å². The van der Waals surface area contributed by atoms with Crippen molar-refractivity contribution in [3.8, 4) is 0 Å². The summed E-state index contributed by atoms with van der Waals surface area (Å²) in [6.45, 7) is 5.48. The molecule has 0 fully saturated rings. The Kier molecular flexibility index (Phi) is 2.21. The van der Waals surface area contributed by atoms with Crippen LogP contribution >= 0.6 is 0 Å². The molecule has 55 valence electrons. The van der Waals surface area contributed by atoms with Gasteiger partial charge in [0.1, 0.15) is 0 Å². The van der Waals surface area contributed by atoms with Crippen molar-refractivity contribution >= 4 is 12.4 Å². The van der Waals surface area contributed by atoms with E-state index in [1.165, 1.54) is 0 Å². The molecular weight excluding hydrogens is 136 g/mol. The van der Waals surface area contributed by atoms with E-state index in [1.807, 2.05) is 31.4 Å². The summed E-state index contributed by atoms with van der Waals surface area (Å²) in [5, 5.41) is 0. The van der Waals surface area contributed by atoms with Crippen LogP contribution in [-0.2, 0) is 4.79 Å². The van der Waals surface area contributed by atoms with Gasteiger partial charge in [-0.05, 0) is 18.1 Å². The molecule has 1 aromatic rings. The van der Waals surface area contributed by atoms with Gasteiger partial charge >= 0.3 is 0 Å². The lowest BCUT2D eigenvalue weighted by Gasteiger charge is -1.99. The Morgan fingerprint density at radius 1 is 1.55 bits per heavy atom. The van der Waals surface area contributed by atoms with Crippen LogP contribution in [0.5, 0.6) is 0 Å². The lowest BCUT2D eigenvalue weighted by atomic mass is 10.0. The molecule has 11 heavy (non-hydrogen) atoms. The van der Waals surface area contributed by atoms with Crippen molar-refractivity contribution in [2.75, 3.05) is 0 Å². The third kappa shape index (κ3) is 1.37. The van der Waals surface area contributed by atoms with Crippen LogP contribution in [-0.4, -0.2) is 6.29 Å². The summed E-state index contributed by atoms with van der Waals surface area (Å²) in [6.07, 6.45) is 3.55. The highest BCUT2D eigenvalue weighted by Crippen LogP contribution is 2.12. The van der Waals surface area contributed by atoms with Crippen LogP contribution in [0, 0.1) is 6.92 Å². The van der Waals surface area contributed by atoms with Crippen LogP contribution in [0.25, 0.3) is 6.08 Å². The van der Waals surface area contributed by atoms with Crippen molar-refractivity contribution in [2.24, 2.45) is 0 Å². The van der Waals surface area contributed by atoms with Gasteiger partial charge in [0.15, 0.2) is 0 Å². The Labute approximate surface area is 66.4 Å². The summed E-state index contributed by atoms with van der Waals surface area (Å²) in [7, 11) is 0. The second-order valence-corrected chi connectivity index (χ2v) is 2.35. The third-order valence-corrected chi connectivity index (χ3v) is 1.63. The monoisotopic (exact) mass is 145 g/mol. The van der Waals surface area contributed by atoms with Gasteiger partial charge in [0, 0.05) is 5.56 Å². The highest BCUT2D eigenvalue weighted by Gasteiger charge is 2.00. The van der Waals surface area contributed by atoms with Crippen molar-refractivity contribution in [2.45, 2.75) is 6.92 Å². The van der Waals surface area contributed by atoms with E-state index in [2.05, 4.69) is 6.58 Å². The molecule has 0 aliphatic heterocycles. The van der Waals surface area contributed by atoms with Gasteiger partial charge < -0.3 is 0 Å². The predicted molar refractivity (Wildman–Crippen MR) is 46.1 cm³/mol. The molecule has 1 radical (unpaired) electrons. The molecule has 0 aliphatic carbocycles. The minimum atomic E-state index is 0.613. The Morgan fingerprint density at radius 2 is 2.27 bits per heavy atom. The topological polar surface area (TPSA) is 17.1 Å². The van der Waals surface area contributed by atoms with E-state index in [1.54, 1.807) is 6.08 Å². The average molecular weight is 145 g/mol. The Morgan fingerprint density at radius 3 is 2.73 bits per heavy atom. The number of carbonyl (C=O) groups excluding carboxylic acids is 1. The first kappa shape index (κ1) is 7.73. The Hall–Kier alpha value is -1.37. The van der Waals surface area contributed by atoms with E-state index >= 15 is 0 Å². The molecule has 0 amide bonds. The number of hydrogen-bond donors (Lipinski definition) is 0. The molecule has 0 heterocycles. The van der Waals surface area contributed by atoms with Crippen LogP contribution in [0.4, 0.5) is 0 Å². The maximum atomic E-state index is 10.4. The van der Waals surface area contributed by atoms with Gasteiger partial charge in [-0.3, -0.25) is 4.79 Å². The SMILES string of the molecule is C=Cc1cccc(C)c1[C]=O. The second-order valence-electron chi connectivity index (χ2n) is 2.35. The smallest absolute Gasteiger partial charge is 0.234 e. The van der Waals surface area contributed by atoms with Gasteiger partial charge in [-0.1, -0.05) is 30.9 Å². The standard InChI is InChI=1S/C10H9O/c1-3-9-6-4-5-8(2)10(9)7-11/h3-6H,1H2,2H3. The highest BCUT2D eigenvalue weighted by molar-refractivity contribution is 5.83. The Balaban J connectivity index is 3.35. The molecule has 0 bridgehead atoms. The fourth-order valence-corrected chi connectivity index (χ4v) is 1.000. The highest BCUT2D eigenvalue weighted by atomic mass is 16.1. The quantitative estimate of drug-likeness (QED) is 0.622. The summed E-state index contributed by atoms with van der Waals surface area (Å²) in [4.78, 5) is 10.4. The molecule has 0 unspecified atom stereocenters. The predicted octanol–water partition coefficient (Wildman–Crippen LogP) is 2.10. The normalized spacial score (nSPS) is 9.18.